The molecule has 3 aromatic carbocycles. The fraction of sp³-hybridized carbons (Fsp3) is 0.136. The third kappa shape index (κ3) is 4.27. The zero-order valence-corrected chi connectivity index (χ0v) is 14.9. The van der Waals surface area contributed by atoms with Crippen molar-refractivity contribution in [3.8, 4) is 0 Å². The third-order valence-corrected chi connectivity index (χ3v) is 4.74. The molecule has 0 fully saturated rings. The Morgan fingerprint density at radius 1 is 0.741 bits per heavy atom. The summed E-state index contributed by atoms with van der Waals surface area (Å²) in [4.78, 5) is 12.1. The van der Waals surface area contributed by atoms with E-state index in [2.05, 4.69) is 4.65 Å². The van der Waals surface area contributed by atoms with E-state index >= 15 is 0 Å². The summed E-state index contributed by atoms with van der Waals surface area (Å²) < 4.78 is 4.53. The first-order chi connectivity index (χ1) is 13.1. The summed E-state index contributed by atoms with van der Waals surface area (Å²) in [6.45, 7) is 0. The summed E-state index contributed by atoms with van der Waals surface area (Å²) in [6.07, 6.45) is 0.465. The van der Waals surface area contributed by atoms with Crippen molar-refractivity contribution in [2.45, 2.75) is 18.3 Å². The molecule has 0 saturated carbocycles. The van der Waals surface area contributed by atoms with Gasteiger partial charge in [0.2, 0.25) is 0 Å². The van der Waals surface area contributed by atoms with Crippen molar-refractivity contribution < 1.29 is 19.5 Å². The molecule has 0 atom stereocenters. The lowest BCUT2D eigenvalue weighted by atomic mass is 9.67. The van der Waals surface area contributed by atoms with Gasteiger partial charge in [-0.2, -0.15) is 0 Å². The summed E-state index contributed by atoms with van der Waals surface area (Å²) in [5.74, 6) is -0.655. The van der Waals surface area contributed by atoms with Crippen molar-refractivity contribution in [1.82, 2.24) is 0 Å². The molecule has 0 aromatic heterocycles. The van der Waals surface area contributed by atoms with Gasteiger partial charge in [0.1, 0.15) is 0 Å². The molecule has 0 aliphatic heterocycles. The van der Waals surface area contributed by atoms with E-state index in [1.54, 1.807) is 0 Å². The maximum atomic E-state index is 12.1. The number of carbonyl (C=O) groups excluding carboxylic acids is 1. The highest BCUT2D eigenvalue weighted by atomic mass is 16.6. The lowest BCUT2D eigenvalue weighted by Crippen LogP contribution is -2.31. The maximum absolute atomic E-state index is 12.1. The number of carbonyl (C=O) groups is 1. The van der Waals surface area contributed by atoms with Crippen LogP contribution in [0.1, 0.15) is 29.5 Å². The first kappa shape index (κ1) is 18.9. The lowest BCUT2D eigenvalue weighted by molar-refractivity contribution is -0.137. The van der Waals surface area contributed by atoms with Gasteiger partial charge in [0.05, 0.1) is 0 Å². The first-order valence-electron chi connectivity index (χ1n) is 8.85. The van der Waals surface area contributed by atoms with E-state index in [4.69, 9.17) is 10.0 Å². The van der Waals surface area contributed by atoms with Gasteiger partial charge in [-0.25, -0.2) is 0 Å². The van der Waals surface area contributed by atoms with Gasteiger partial charge in [-0.3, -0.25) is 4.79 Å². The van der Waals surface area contributed by atoms with Crippen molar-refractivity contribution >= 4 is 13.3 Å². The molecule has 0 radical (unpaired) electrons. The van der Waals surface area contributed by atoms with Crippen molar-refractivity contribution in [2.75, 3.05) is 0 Å². The smallest absolute Gasteiger partial charge is 0.485 e. The minimum atomic E-state index is -2.10. The summed E-state index contributed by atoms with van der Waals surface area (Å²) in [6, 6.07) is 30.0. The third-order valence-electron chi connectivity index (χ3n) is 4.74. The molecule has 0 spiro atoms. The van der Waals surface area contributed by atoms with Crippen molar-refractivity contribution in [3.05, 3.63) is 108 Å². The van der Waals surface area contributed by atoms with E-state index in [1.807, 2.05) is 91.0 Å². The zero-order chi connectivity index (χ0) is 19.1. The molecule has 3 rings (SSSR count). The van der Waals surface area contributed by atoms with Crippen molar-refractivity contribution in [1.29, 1.82) is 0 Å². The van der Waals surface area contributed by atoms with Crippen LogP contribution in [0.2, 0.25) is 0 Å². The summed E-state index contributed by atoms with van der Waals surface area (Å²) in [5.41, 5.74) is 2.60. The molecule has 0 aliphatic rings. The van der Waals surface area contributed by atoms with Gasteiger partial charge in [0.25, 0.3) is 5.97 Å². The second-order valence-electron chi connectivity index (χ2n) is 6.32. The Bertz CT molecular complexity index is 755. The molecule has 27 heavy (non-hydrogen) atoms. The Kier molecular flexibility index (Phi) is 6.06. The van der Waals surface area contributed by atoms with Crippen LogP contribution < -0.4 is 0 Å². The Hall–Kier alpha value is -2.89. The number of hydrogen-bond acceptors (Lipinski definition) is 4. The molecule has 3 aromatic rings. The normalized spacial score (nSPS) is 11.0. The second kappa shape index (κ2) is 8.67. The predicted molar refractivity (Wildman–Crippen MR) is 105 cm³/mol. The Morgan fingerprint density at radius 2 is 1.11 bits per heavy atom. The Labute approximate surface area is 159 Å². The van der Waals surface area contributed by atoms with Crippen molar-refractivity contribution in [3.63, 3.8) is 0 Å². The molecule has 0 amide bonds. The van der Waals surface area contributed by atoms with Gasteiger partial charge < -0.3 is 14.7 Å². The van der Waals surface area contributed by atoms with Crippen LogP contribution in [-0.4, -0.2) is 23.3 Å². The minimum absolute atomic E-state index is 0.0380. The maximum Gasteiger partial charge on any atom is 0.709 e. The van der Waals surface area contributed by atoms with E-state index < -0.39 is 18.7 Å². The average molecular weight is 360 g/mol. The highest BCUT2D eigenvalue weighted by Gasteiger charge is 2.36. The van der Waals surface area contributed by atoms with Gasteiger partial charge in [-0.15, -0.1) is 0 Å². The number of hydrogen-bond donors (Lipinski definition) is 2. The van der Waals surface area contributed by atoms with Crippen LogP contribution in [-0.2, 0) is 14.9 Å². The molecule has 0 saturated heterocycles. The SMILES string of the molecule is O=C(CCC(c1ccccc1)(c1ccccc1)c1ccccc1)OB(O)O. The molecule has 0 aliphatic carbocycles. The quantitative estimate of drug-likeness (QED) is 0.501. The standard InChI is InChI=1S/C22H21BO4/c24-21(27-23(25)26)16-17-22(18-10-4-1-5-11-18,19-12-6-2-7-13-19)20-14-8-3-9-15-20/h1-15,25-26H,16-17H2. The van der Waals surface area contributed by atoms with Crippen LogP contribution in [0.15, 0.2) is 91.0 Å². The van der Waals surface area contributed by atoms with E-state index in [0.717, 1.165) is 16.7 Å². The fourth-order valence-corrected chi connectivity index (χ4v) is 3.57. The van der Waals surface area contributed by atoms with Gasteiger partial charge >= 0.3 is 7.32 Å². The van der Waals surface area contributed by atoms with Crippen LogP contribution in [0.5, 0.6) is 0 Å². The Morgan fingerprint density at radius 3 is 1.44 bits per heavy atom. The predicted octanol–water partition coefficient (Wildman–Crippen LogP) is 3.31. The van der Waals surface area contributed by atoms with Crippen LogP contribution in [0.3, 0.4) is 0 Å². The van der Waals surface area contributed by atoms with Gasteiger partial charge in [0, 0.05) is 11.8 Å². The molecular weight excluding hydrogens is 339 g/mol. The molecule has 4 nitrogen and oxygen atoms in total. The van der Waals surface area contributed by atoms with Crippen molar-refractivity contribution in [2.24, 2.45) is 0 Å². The molecule has 136 valence electrons. The molecule has 5 heteroatoms. The largest absolute Gasteiger partial charge is 0.709 e. The highest BCUT2D eigenvalue weighted by molar-refractivity contribution is 6.35. The zero-order valence-electron chi connectivity index (χ0n) is 14.9. The minimum Gasteiger partial charge on any atom is -0.485 e. The summed E-state index contributed by atoms with van der Waals surface area (Å²) >= 11 is 0. The van der Waals surface area contributed by atoms with Crippen LogP contribution in [0.25, 0.3) is 0 Å². The van der Waals surface area contributed by atoms with Crippen LogP contribution >= 0.6 is 0 Å². The van der Waals surface area contributed by atoms with E-state index in [1.165, 1.54) is 0 Å². The van der Waals surface area contributed by atoms with E-state index in [-0.39, 0.29) is 6.42 Å². The topological polar surface area (TPSA) is 66.8 Å². The first-order valence-corrected chi connectivity index (χ1v) is 8.85. The van der Waals surface area contributed by atoms with Gasteiger partial charge in [-0.1, -0.05) is 91.0 Å². The van der Waals surface area contributed by atoms with Gasteiger partial charge in [0.15, 0.2) is 0 Å². The lowest BCUT2D eigenvalue weighted by Gasteiger charge is -2.36. The second-order valence-corrected chi connectivity index (χ2v) is 6.32. The summed E-state index contributed by atoms with van der Waals surface area (Å²) in [5, 5.41) is 17.8. The number of rotatable bonds is 7. The summed E-state index contributed by atoms with van der Waals surface area (Å²) in [7, 11) is -2.10. The fourth-order valence-electron chi connectivity index (χ4n) is 3.57. The monoisotopic (exact) mass is 360 g/mol. The van der Waals surface area contributed by atoms with Gasteiger partial charge in [-0.05, 0) is 23.1 Å². The average Bonchev–Trinajstić information content (AvgIpc) is 2.70. The van der Waals surface area contributed by atoms with E-state index in [9.17, 15) is 4.79 Å². The molecule has 0 unspecified atom stereocenters. The molecule has 0 heterocycles. The van der Waals surface area contributed by atoms with Crippen LogP contribution in [0, 0.1) is 0 Å². The highest BCUT2D eigenvalue weighted by Crippen LogP contribution is 2.43. The van der Waals surface area contributed by atoms with E-state index in [0.29, 0.717) is 6.42 Å². The Balaban J connectivity index is 2.12. The molecular formula is C22H21BO4. The molecule has 0 bridgehead atoms. The number of benzene rings is 3. The molecule has 2 N–H and O–H groups in total. The van der Waals surface area contributed by atoms with Crippen LogP contribution in [0.4, 0.5) is 0 Å².